The molecule has 132 valence electrons. The van der Waals surface area contributed by atoms with Crippen molar-refractivity contribution in [1.82, 2.24) is 5.32 Å². The molecule has 1 aliphatic rings. The van der Waals surface area contributed by atoms with Crippen molar-refractivity contribution in [2.45, 2.75) is 45.4 Å². The van der Waals surface area contributed by atoms with Crippen molar-refractivity contribution >= 4 is 11.0 Å². The second-order valence-electron chi connectivity index (χ2n) is 7.08. The van der Waals surface area contributed by atoms with Gasteiger partial charge in [0.1, 0.15) is 17.1 Å². The Bertz CT molecular complexity index is 708. The number of methoxy groups -OCH3 is 1. The minimum atomic E-state index is -0.344. The maximum absolute atomic E-state index is 9.98. The smallest absolute Gasteiger partial charge is 0.134 e. The second kappa shape index (κ2) is 6.39. The van der Waals surface area contributed by atoms with Gasteiger partial charge in [-0.15, -0.1) is 0 Å². The van der Waals surface area contributed by atoms with Gasteiger partial charge in [0.25, 0.3) is 0 Å². The lowest BCUT2D eigenvalue weighted by Crippen LogP contribution is -2.73. The average Bonchev–Trinajstić information content (AvgIpc) is 2.99. The lowest BCUT2D eigenvalue weighted by molar-refractivity contribution is -0.178. The molecule has 0 saturated heterocycles. The number of nitrogens with one attached hydrogen (secondary N) is 1. The maximum atomic E-state index is 9.98. The third-order valence-electron chi connectivity index (χ3n) is 5.59. The quantitative estimate of drug-likeness (QED) is 0.815. The molecule has 2 atom stereocenters. The first-order valence-corrected chi connectivity index (χ1v) is 8.49. The molecule has 5 nitrogen and oxygen atoms in total. The Balaban J connectivity index is 1.72. The minimum absolute atomic E-state index is 0.0810. The predicted molar refractivity (Wildman–Crippen MR) is 93.2 cm³/mol. The van der Waals surface area contributed by atoms with Gasteiger partial charge in [-0.25, -0.2) is 0 Å². The fourth-order valence-electron chi connectivity index (χ4n) is 3.65. The Kier molecular flexibility index (Phi) is 4.60. The Hall–Kier alpha value is -1.56. The zero-order valence-electron chi connectivity index (χ0n) is 14.9. The molecule has 1 aliphatic carbocycles. The van der Waals surface area contributed by atoms with Crippen molar-refractivity contribution in [3.05, 3.63) is 30.0 Å². The molecule has 5 heteroatoms. The van der Waals surface area contributed by atoms with Crippen LogP contribution < -0.4 is 10.1 Å². The molecule has 0 bridgehead atoms. The standard InChI is InChI=1S/C19H27NO4/c1-5-23-17-10-19(12-21,18(17,2)3)20-11-15-9-13-8-14(22-4)6-7-16(13)24-15/h6-9,17,20-21H,5,10-12H2,1-4H3/t17-,19+/m1/s1. The summed E-state index contributed by atoms with van der Waals surface area (Å²) in [6.07, 6.45) is 0.973. The van der Waals surface area contributed by atoms with E-state index < -0.39 is 0 Å². The fourth-order valence-corrected chi connectivity index (χ4v) is 3.65. The van der Waals surface area contributed by atoms with Gasteiger partial charge in [0.05, 0.1) is 31.9 Å². The van der Waals surface area contributed by atoms with Crippen LogP contribution in [0.2, 0.25) is 0 Å². The molecule has 1 aromatic carbocycles. The SMILES string of the molecule is CCO[C@@H]1C[C@@](CO)(NCc2cc3cc(OC)ccc3o2)C1(C)C. The lowest BCUT2D eigenvalue weighted by Gasteiger charge is -2.60. The van der Waals surface area contributed by atoms with E-state index in [9.17, 15) is 5.11 Å². The van der Waals surface area contributed by atoms with Crippen LogP contribution in [-0.2, 0) is 11.3 Å². The number of fused-ring (bicyclic) bond motifs is 1. The van der Waals surface area contributed by atoms with Crippen molar-refractivity contribution in [1.29, 1.82) is 0 Å². The van der Waals surface area contributed by atoms with Crippen LogP contribution in [0.3, 0.4) is 0 Å². The molecule has 2 aromatic rings. The summed E-state index contributed by atoms with van der Waals surface area (Å²) in [5, 5.41) is 14.5. The molecule has 0 amide bonds. The fraction of sp³-hybridized carbons (Fsp3) is 0.579. The summed E-state index contributed by atoms with van der Waals surface area (Å²) in [5.74, 6) is 1.66. The van der Waals surface area contributed by atoms with Gasteiger partial charge in [-0.05, 0) is 37.6 Å². The highest BCUT2D eigenvalue weighted by atomic mass is 16.5. The number of furan rings is 1. The van der Waals surface area contributed by atoms with Crippen LogP contribution in [0.1, 0.15) is 33.0 Å². The van der Waals surface area contributed by atoms with Crippen LogP contribution in [0.5, 0.6) is 5.75 Å². The van der Waals surface area contributed by atoms with Gasteiger partial charge in [-0.2, -0.15) is 0 Å². The van der Waals surface area contributed by atoms with Crippen LogP contribution in [0.15, 0.2) is 28.7 Å². The van der Waals surface area contributed by atoms with E-state index in [1.165, 1.54) is 0 Å². The topological polar surface area (TPSA) is 63.9 Å². The third-order valence-corrected chi connectivity index (χ3v) is 5.59. The van der Waals surface area contributed by atoms with E-state index in [-0.39, 0.29) is 23.7 Å². The van der Waals surface area contributed by atoms with E-state index in [1.807, 2.05) is 31.2 Å². The van der Waals surface area contributed by atoms with Crippen molar-refractivity contribution in [3.63, 3.8) is 0 Å². The number of ether oxygens (including phenoxy) is 2. The molecule has 0 radical (unpaired) electrons. The molecule has 0 aliphatic heterocycles. The first-order valence-electron chi connectivity index (χ1n) is 8.49. The van der Waals surface area contributed by atoms with Crippen LogP contribution >= 0.6 is 0 Å². The van der Waals surface area contributed by atoms with Gasteiger partial charge in [0.15, 0.2) is 0 Å². The van der Waals surface area contributed by atoms with Crippen LogP contribution in [0, 0.1) is 5.41 Å². The van der Waals surface area contributed by atoms with E-state index in [2.05, 4.69) is 19.2 Å². The third kappa shape index (κ3) is 2.70. The van der Waals surface area contributed by atoms with Crippen molar-refractivity contribution in [2.75, 3.05) is 20.3 Å². The maximum Gasteiger partial charge on any atom is 0.134 e. The summed E-state index contributed by atoms with van der Waals surface area (Å²) >= 11 is 0. The molecule has 3 rings (SSSR count). The van der Waals surface area contributed by atoms with Gasteiger partial charge in [-0.1, -0.05) is 13.8 Å². The Morgan fingerprint density at radius 3 is 2.75 bits per heavy atom. The lowest BCUT2D eigenvalue weighted by atomic mass is 9.54. The first-order chi connectivity index (χ1) is 11.5. The van der Waals surface area contributed by atoms with Crippen molar-refractivity contribution < 1.29 is 19.0 Å². The van der Waals surface area contributed by atoms with E-state index in [1.54, 1.807) is 7.11 Å². The van der Waals surface area contributed by atoms with Gasteiger partial charge < -0.3 is 24.3 Å². The van der Waals surface area contributed by atoms with E-state index in [4.69, 9.17) is 13.9 Å². The number of rotatable bonds is 7. The normalized spacial score (nSPS) is 25.6. The predicted octanol–water partition coefficient (Wildman–Crippen LogP) is 3.10. The van der Waals surface area contributed by atoms with Crippen LogP contribution in [0.4, 0.5) is 0 Å². The second-order valence-corrected chi connectivity index (χ2v) is 7.08. The Morgan fingerprint density at radius 2 is 2.12 bits per heavy atom. The van der Waals surface area contributed by atoms with E-state index in [0.717, 1.165) is 28.9 Å². The van der Waals surface area contributed by atoms with Crippen molar-refractivity contribution in [2.24, 2.45) is 5.41 Å². The van der Waals surface area contributed by atoms with Gasteiger partial charge in [-0.3, -0.25) is 0 Å². The first kappa shape index (κ1) is 17.3. The molecule has 24 heavy (non-hydrogen) atoms. The number of aliphatic hydroxyl groups is 1. The van der Waals surface area contributed by atoms with Crippen molar-refractivity contribution in [3.8, 4) is 5.75 Å². The average molecular weight is 333 g/mol. The highest BCUT2D eigenvalue weighted by molar-refractivity contribution is 5.79. The molecule has 1 saturated carbocycles. The molecule has 2 N–H and O–H groups in total. The van der Waals surface area contributed by atoms with Crippen LogP contribution in [0.25, 0.3) is 11.0 Å². The zero-order chi connectivity index (χ0) is 17.4. The summed E-state index contributed by atoms with van der Waals surface area (Å²) in [4.78, 5) is 0. The molecule has 0 unspecified atom stereocenters. The summed E-state index contributed by atoms with van der Waals surface area (Å²) in [6.45, 7) is 7.64. The summed E-state index contributed by atoms with van der Waals surface area (Å²) in [7, 11) is 1.65. The molecular weight excluding hydrogens is 306 g/mol. The number of hydrogen-bond donors (Lipinski definition) is 2. The Labute approximate surface area is 142 Å². The van der Waals surface area contributed by atoms with Gasteiger partial charge >= 0.3 is 0 Å². The summed E-state index contributed by atoms with van der Waals surface area (Å²) < 4.78 is 16.9. The summed E-state index contributed by atoms with van der Waals surface area (Å²) in [6, 6.07) is 7.78. The molecule has 1 heterocycles. The molecule has 0 spiro atoms. The van der Waals surface area contributed by atoms with Gasteiger partial charge in [0, 0.05) is 17.4 Å². The zero-order valence-corrected chi connectivity index (χ0v) is 14.9. The Morgan fingerprint density at radius 1 is 1.33 bits per heavy atom. The number of benzene rings is 1. The molecule has 1 aromatic heterocycles. The largest absolute Gasteiger partial charge is 0.497 e. The number of hydrogen-bond acceptors (Lipinski definition) is 5. The van der Waals surface area contributed by atoms with Gasteiger partial charge in [0.2, 0.25) is 0 Å². The highest BCUT2D eigenvalue weighted by Crippen LogP contribution is 2.51. The molecule has 1 fully saturated rings. The monoisotopic (exact) mass is 333 g/mol. The van der Waals surface area contributed by atoms with E-state index in [0.29, 0.717) is 13.2 Å². The van der Waals surface area contributed by atoms with E-state index >= 15 is 0 Å². The number of aliphatic hydroxyl groups excluding tert-OH is 1. The summed E-state index contributed by atoms with van der Waals surface area (Å²) in [5.41, 5.74) is 0.363. The minimum Gasteiger partial charge on any atom is -0.497 e. The molecular formula is C19H27NO4. The van der Waals surface area contributed by atoms with Crippen LogP contribution in [-0.4, -0.2) is 37.1 Å². The highest BCUT2D eigenvalue weighted by Gasteiger charge is 2.60.